The first-order chi connectivity index (χ1) is 12.1. The summed E-state index contributed by atoms with van der Waals surface area (Å²) in [5.41, 5.74) is 4.62. The van der Waals surface area contributed by atoms with E-state index < -0.39 is 0 Å². The van der Waals surface area contributed by atoms with Crippen molar-refractivity contribution in [1.82, 2.24) is 0 Å². The average Bonchev–Trinajstić information content (AvgIpc) is 2.60. The van der Waals surface area contributed by atoms with Gasteiger partial charge in [0.2, 0.25) is 0 Å². The lowest BCUT2D eigenvalue weighted by atomic mass is 10.1. The van der Waals surface area contributed by atoms with Crippen LogP contribution in [0.15, 0.2) is 71.2 Å². The number of benzene rings is 3. The molecule has 0 fully saturated rings. The van der Waals surface area contributed by atoms with Gasteiger partial charge in [0.25, 0.3) is 0 Å². The standard InChI is InChI=1S/C21H19BrClNO/c1-15-5-2-3-8-20(15)24-13-16-9-10-21(19(22)12-16)25-14-17-6-4-7-18(23)11-17/h2-12,24H,13-14H2,1H3. The normalized spacial score (nSPS) is 10.5. The summed E-state index contributed by atoms with van der Waals surface area (Å²) in [4.78, 5) is 0. The highest BCUT2D eigenvalue weighted by Crippen LogP contribution is 2.27. The minimum atomic E-state index is 0.486. The lowest BCUT2D eigenvalue weighted by Gasteiger charge is -2.12. The molecule has 25 heavy (non-hydrogen) atoms. The van der Waals surface area contributed by atoms with Crippen LogP contribution in [0, 0.1) is 6.92 Å². The molecular weight excluding hydrogens is 398 g/mol. The van der Waals surface area contributed by atoms with Crippen LogP contribution in [-0.2, 0) is 13.2 Å². The largest absolute Gasteiger partial charge is 0.488 e. The topological polar surface area (TPSA) is 21.3 Å². The van der Waals surface area contributed by atoms with Crippen LogP contribution >= 0.6 is 27.5 Å². The van der Waals surface area contributed by atoms with Crippen molar-refractivity contribution in [2.24, 2.45) is 0 Å². The lowest BCUT2D eigenvalue weighted by molar-refractivity contribution is 0.304. The Kier molecular flexibility index (Phi) is 6.00. The molecule has 0 radical (unpaired) electrons. The molecule has 0 unspecified atom stereocenters. The summed E-state index contributed by atoms with van der Waals surface area (Å²) < 4.78 is 6.83. The van der Waals surface area contributed by atoms with Crippen LogP contribution in [0.1, 0.15) is 16.7 Å². The number of anilines is 1. The SMILES string of the molecule is Cc1ccccc1NCc1ccc(OCc2cccc(Cl)c2)c(Br)c1. The number of nitrogens with one attached hydrogen (secondary N) is 1. The fraction of sp³-hybridized carbons (Fsp3) is 0.143. The second-order valence-electron chi connectivity index (χ2n) is 5.85. The van der Waals surface area contributed by atoms with E-state index in [1.54, 1.807) is 0 Å². The predicted molar refractivity (Wildman–Crippen MR) is 108 cm³/mol. The molecule has 0 bridgehead atoms. The molecule has 0 aliphatic carbocycles. The Morgan fingerprint density at radius 1 is 0.960 bits per heavy atom. The van der Waals surface area contributed by atoms with Crippen molar-refractivity contribution in [3.05, 3.63) is 92.9 Å². The predicted octanol–water partition coefficient (Wildman–Crippen LogP) is 6.60. The molecule has 0 atom stereocenters. The average molecular weight is 417 g/mol. The van der Waals surface area contributed by atoms with E-state index in [0.717, 1.165) is 33.0 Å². The Hall–Kier alpha value is -1.97. The molecule has 0 aliphatic rings. The second-order valence-corrected chi connectivity index (χ2v) is 7.14. The van der Waals surface area contributed by atoms with Gasteiger partial charge in [0.15, 0.2) is 0 Å². The number of aryl methyl sites for hydroxylation is 1. The van der Waals surface area contributed by atoms with Gasteiger partial charge in [-0.3, -0.25) is 0 Å². The van der Waals surface area contributed by atoms with E-state index in [-0.39, 0.29) is 0 Å². The van der Waals surface area contributed by atoms with E-state index >= 15 is 0 Å². The van der Waals surface area contributed by atoms with Crippen molar-refractivity contribution in [3.8, 4) is 5.75 Å². The molecule has 0 saturated carbocycles. The van der Waals surface area contributed by atoms with Gasteiger partial charge in [-0.2, -0.15) is 0 Å². The van der Waals surface area contributed by atoms with Crippen molar-refractivity contribution in [2.75, 3.05) is 5.32 Å². The molecule has 4 heteroatoms. The summed E-state index contributed by atoms with van der Waals surface area (Å²) in [6.45, 7) is 3.35. The highest BCUT2D eigenvalue weighted by molar-refractivity contribution is 9.10. The summed E-state index contributed by atoms with van der Waals surface area (Å²) >= 11 is 9.60. The third-order valence-electron chi connectivity index (χ3n) is 3.91. The van der Waals surface area contributed by atoms with E-state index in [1.807, 2.05) is 42.5 Å². The molecule has 0 heterocycles. The molecule has 1 N–H and O–H groups in total. The Balaban J connectivity index is 1.61. The molecule has 3 rings (SSSR count). The molecule has 2 nitrogen and oxygen atoms in total. The van der Waals surface area contributed by atoms with Gasteiger partial charge >= 0.3 is 0 Å². The maximum Gasteiger partial charge on any atom is 0.134 e. The number of rotatable bonds is 6. The van der Waals surface area contributed by atoms with Crippen LogP contribution in [0.5, 0.6) is 5.75 Å². The van der Waals surface area contributed by atoms with Crippen molar-refractivity contribution in [3.63, 3.8) is 0 Å². The van der Waals surface area contributed by atoms with Crippen molar-refractivity contribution < 1.29 is 4.74 Å². The van der Waals surface area contributed by atoms with Gasteiger partial charge in [0, 0.05) is 17.3 Å². The molecule has 0 spiro atoms. The summed E-state index contributed by atoms with van der Waals surface area (Å²) in [6.07, 6.45) is 0. The lowest BCUT2D eigenvalue weighted by Crippen LogP contribution is -2.01. The Morgan fingerprint density at radius 3 is 2.56 bits per heavy atom. The van der Waals surface area contributed by atoms with Crippen LogP contribution in [-0.4, -0.2) is 0 Å². The van der Waals surface area contributed by atoms with Crippen LogP contribution < -0.4 is 10.1 Å². The number of hydrogen-bond donors (Lipinski definition) is 1. The summed E-state index contributed by atoms with van der Waals surface area (Å²) in [5, 5.41) is 4.18. The van der Waals surface area contributed by atoms with Gasteiger partial charge in [-0.25, -0.2) is 0 Å². The summed E-state index contributed by atoms with van der Waals surface area (Å²) in [5.74, 6) is 0.819. The van der Waals surface area contributed by atoms with Crippen LogP contribution in [0.4, 0.5) is 5.69 Å². The first-order valence-corrected chi connectivity index (χ1v) is 9.24. The summed E-state index contributed by atoms with van der Waals surface area (Å²) in [6, 6.07) is 22.1. The van der Waals surface area contributed by atoms with Gasteiger partial charge in [-0.05, 0) is 69.9 Å². The Morgan fingerprint density at radius 2 is 1.80 bits per heavy atom. The number of halogens is 2. The minimum Gasteiger partial charge on any atom is -0.488 e. The molecule has 0 aliphatic heterocycles. The number of para-hydroxylation sites is 1. The van der Waals surface area contributed by atoms with Crippen molar-refractivity contribution in [1.29, 1.82) is 0 Å². The van der Waals surface area contributed by atoms with Crippen LogP contribution in [0.25, 0.3) is 0 Å². The van der Waals surface area contributed by atoms with E-state index in [4.69, 9.17) is 16.3 Å². The first-order valence-electron chi connectivity index (χ1n) is 8.07. The molecule has 0 aromatic heterocycles. The van der Waals surface area contributed by atoms with Gasteiger partial charge in [-0.1, -0.05) is 48.0 Å². The molecular formula is C21H19BrClNO. The third kappa shape index (κ3) is 5.00. The van der Waals surface area contributed by atoms with Crippen LogP contribution in [0.2, 0.25) is 5.02 Å². The zero-order valence-electron chi connectivity index (χ0n) is 13.9. The van der Waals surface area contributed by atoms with E-state index in [2.05, 4.69) is 52.4 Å². The zero-order valence-corrected chi connectivity index (χ0v) is 16.3. The van der Waals surface area contributed by atoms with Gasteiger partial charge in [-0.15, -0.1) is 0 Å². The van der Waals surface area contributed by atoms with E-state index in [9.17, 15) is 0 Å². The third-order valence-corrected chi connectivity index (χ3v) is 4.76. The number of hydrogen-bond acceptors (Lipinski definition) is 2. The molecule has 128 valence electrons. The number of ether oxygens (including phenoxy) is 1. The van der Waals surface area contributed by atoms with Gasteiger partial charge in [0.05, 0.1) is 4.47 Å². The Bertz CT molecular complexity index is 866. The highest BCUT2D eigenvalue weighted by atomic mass is 79.9. The zero-order chi connectivity index (χ0) is 17.6. The van der Waals surface area contributed by atoms with Crippen molar-refractivity contribution in [2.45, 2.75) is 20.1 Å². The fourth-order valence-electron chi connectivity index (χ4n) is 2.53. The van der Waals surface area contributed by atoms with Gasteiger partial charge < -0.3 is 10.1 Å². The smallest absolute Gasteiger partial charge is 0.134 e. The maximum absolute atomic E-state index is 6.00. The molecule has 0 amide bonds. The first kappa shape index (κ1) is 17.8. The molecule has 3 aromatic carbocycles. The summed E-state index contributed by atoms with van der Waals surface area (Å²) in [7, 11) is 0. The van der Waals surface area contributed by atoms with E-state index in [1.165, 1.54) is 11.1 Å². The van der Waals surface area contributed by atoms with Crippen molar-refractivity contribution >= 4 is 33.2 Å². The monoisotopic (exact) mass is 415 g/mol. The fourth-order valence-corrected chi connectivity index (χ4v) is 3.28. The molecule has 3 aromatic rings. The second kappa shape index (κ2) is 8.41. The highest BCUT2D eigenvalue weighted by Gasteiger charge is 2.05. The molecule has 0 saturated heterocycles. The van der Waals surface area contributed by atoms with E-state index in [0.29, 0.717) is 6.61 Å². The van der Waals surface area contributed by atoms with Crippen LogP contribution in [0.3, 0.4) is 0 Å². The quantitative estimate of drug-likeness (QED) is 0.488. The maximum atomic E-state index is 6.00. The Labute approximate surface area is 161 Å². The van der Waals surface area contributed by atoms with Gasteiger partial charge in [0.1, 0.15) is 12.4 Å². The minimum absolute atomic E-state index is 0.486.